The van der Waals surface area contributed by atoms with E-state index in [-0.39, 0.29) is 11.0 Å². The molecule has 0 aliphatic rings. The highest BCUT2D eigenvalue weighted by Crippen LogP contribution is 2.45. The Morgan fingerprint density at radius 2 is 0.894 bits per heavy atom. The zero-order chi connectivity index (χ0) is 32.8. The molecule has 47 heavy (non-hydrogen) atoms. The normalized spacial score (nSPS) is 12.3. The molecule has 10 heteroatoms. The predicted octanol–water partition coefficient (Wildman–Crippen LogP) is 11.3. The number of para-hydroxylation sites is 4. The predicted molar refractivity (Wildman–Crippen MR) is 165 cm³/mol. The fourth-order valence-electron chi connectivity index (χ4n) is 6.60. The third kappa shape index (κ3) is 4.10. The van der Waals surface area contributed by atoms with Gasteiger partial charge in [0, 0.05) is 32.8 Å². The molecule has 0 atom stereocenters. The van der Waals surface area contributed by atoms with Crippen molar-refractivity contribution in [1.29, 1.82) is 0 Å². The van der Waals surface area contributed by atoms with Crippen LogP contribution in [0.3, 0.4) is 0 Å². The molecule has 0 saturated carbocycles. The maximum Gasteiger partial charge on any atom is 0.418 e. The van der Waals surface area contributed by atoms with E-state index in [1.165, 1.54) is 6.07 Å². The Labute approximate surface area is 260 Å². The summed E-state index contributed by atoms with van der Waals surface area (Å²) in [5.41, 5.74) is -1.45. The first kappa shape index (κ1) is 28.8. The van der Waals surface area contributed by atoms with Crippen molar-refractivity contribution in [3.63, 3.8) is 0 Å². The van der Waals surface area contributed by atoms with Gasteiger partial charge in [0.25, 0.3) is 0 Å². The van der Waals surface area contributed by atoms with Crippen LogP contribution in [0.5, 0.6) is 0 Å². The Hall–Kier alpha value is -5.64. The van der Waals surface area contributed by atoms with Gasteiger partial charge in [-0.25, -0.2) is 22.0 Å². The highest BCUT2D eigenvalue weighted by molar-refractivity contribution is 6.12. The number of hydrogen-bond donors (Lipinski definition) is 0. The van der Waals surface area contributed by atoms with E-state index in [0.717, 1.165) is 38.5 Å². The number of nitrogens with zero attached hydrogens (tertiary/aromatic N) is 2. The van der Waals surface area contributed by atoms with E-state index in [9.17, 15) is 26.3 Å². The summed E-state index contributed by atoms with van der Waals surface area (Å²) in [6, 6.07) is 29.7. The summed E-state index contributed by atoms with van der Waals surface area (Å²) in [6.45, 7) is 0. The highest BCUT2D eigenvalue weighted by Gasteiger charge is 2.38. The summed E-state index contributed by atoms with van der Waals surface area (Å²) in [5, 5.41) is 3.00. The van der Waals surface area contributed by atoms with Gasteiger partial charge in [-0.3, -0.25) is 0 Å². The molecule has 2 nitrogen and oxygen atoms in total. The average molecular weight is 643 g/mol. The first-order valence-electron chi connectivity index (χ1n) is 14.3. The summed E-state index contributed by atoms with van der Waals surface area (Å²) in [5.74, 6) is -11.4. The molecule has 2 aromatic heterocycles. The first-order valence-corrected chi connectivity index (χ1v) is 14.3. The molecule has 232 valence electrons. The number of aromatic nitrogens is 2. The van der Waals surface area contributed by atoms with Crippen molar-refractivity contribution < 1.29 is 35.1 Å². The molecule has 0 bridgehead atoms. The van der Waals surface area contributed by atoms with Crippen molar-refractivity contribution in [3.8, 4) is 22.5 Å². The number of halogens is 8. The quantitative estimate of drug-likeness (QED) is 0.103. The monoisotopic (exact) mass is 642 g/mol. The number of benzene rings is 6. The second-order valence-electron chi connectivity index (χ2n) is 11.1. The molecule has 0 saturated heterocycles. The smallest absolute Gasteiger partial charge is 0.309 e. The molecule has 8 rings (SSSR count). The van der Waals surface area contributed by atoms with Gasteiger partial charge in [0.1, 0.15) is 0 Å². The number of rotatable bonds is 3. The molecule has 0 radical (unpaired) electrons. The lowest BCUT2D eigenvalue weighted by molar-refractivity contribution is -0.137. The molecule has 0 spiro atoms. The third-order valence-corrected chi connectivity index (χ3v) is 8.54. The van der Waals surface area contributed by atoms with E-state index in [1.54, 1.807) is 36.4 Å². The summed E-state index contributed by atoms with van der Waals surface area (Å²) in [4.78, 5) is 0. The molecular weight excluding hydrogens is 624 g/mol. The van der Waals surface area contributed by atoms with Crippen molar-refractivity contribution in [2.24, 2.45) is 0 Å². The van der Waals surface area contributed by atoms with Crippen LogP contribution in [0.2, 0.25) is 0 Å². The summed E-state index contributed by atoms with van der Waals surface area (Å²) in [6.07, 6.45) is -5.07. The molecule has 2 heterocycles. The Morgan fingerprint density at radius 1 is 0.426 bits per heavy atom. The van der Waals surface area contributed by atoms with Gasteiger partial charge in [0.15, 0.2) is 23.3 Å². The van der Waals surface area contributed by atoms with Gasteiger partial charge < -0.3 is 9.13 Å². The maximum absolute atomic E-state index is 15.2. The van der Waals surface area contributed by atoms with Crippen molar-refractivity contribution >= 4 is 43.6 Å². The molecule has 0 amide bonds. The summed E-state index contributed by atoms with van der Waals surface area (Å²) >= 11 is 0. The van der Waals surface area contributed by atoms with Crippen LogP contribution in [0, 0.1) is 29.1 Å². The average Bonchev–Trinajstić information content (AvgIpc) is 3.58. The van der Waals surface area contributed by atoms with Gasteiger partial charge in [0.2, 0.25) is 5.82 Å². The van der Waals surface area contributed by atoms with Crippen LogP contribution in [0.15, 0.2) is 109 Å². The topological polar surface area (TPSA) is 9.86 Å². The largest absolute Gasteiger partial charge is 0.418 e. The molecule has 8 aromatic rings. The second-order valence-corrected chi connectivity index (χ2v) is 11.1. The van der Waals surface area contributed by atoms with Crippen LogP contribution in [0.1, 0.15) is 5.56 Å². The first-order chi connectivity index (χ1) is 22.6. The van der Waals surface area contributed by atoms with Gasteiger partial charge in [-0.15, -0.1) is 0 Å². The van der Waals surface area contributed by atoms with E-state index in [2.05, 4.69) is 0 Å². The number of alkyl halides is 3. The van der Waals surface area contributed by atoms with Gasteiger partial charge in [-0.2, -0.15) is 13.2 Å². The minimum Gasteiger partial charge on any atom is -0.309 e. The van der Waals surface area contributed by atoms with E-state index in [0.29, 0.717) is 22.5 Å². The van der Waals surface area contributed by atoms with Crippen LogP contribution >= 0.6 is 0 Å². The lowest BCUT2D eigenvalue weighted by Gasteiger charge is -2.21. The van der Waals surface area contributed by atoms with E-state index < -0.39 is 57.6 Å². The Kier molecular flexibility index (Phi) is 6.24. The SMILES string of the molecule is Fc1c(F)c(F)c(-c2cccc(C(F)(F)F)c2-n2c3ccccc3c3cc(-n4c5ccccc5c5ccccc54)ccc32)c(F)c1F. The Bertz CT molecular complexity index is 2490. The Balaban J connectivity index is 1.50. The van der Waals surface area contributed by atoms with Crippen molar-refractivity contribution in [2.75, 3.05) is 0 Å². The summed E-state index contributed by atoms with van der Waals surface area (Å²) in [7, 11) is 0. The van der Waals surface area contributed by atoms with Crippen LogP contribution in [-0.4, -0.2) is 9.13 Å². The molecule has 0 fully saturated rings. The van der Waals surface area contributed by atoms with Crippen LogP contribution < -0.4 is 0 Å². The molecule has 0 aliphatic carbocycles. The fourth-order valence-corrected chi connectivity index (χ4v) is 6.60. The molecule has 0 aliphatic heterocycles. The molecule has 6 aromatic carbocycles. The lowest BCUT2D eigenvalue weighted by Crippen LogP contribution is -2.13. The summed E-state index contributed by atoms with van der Waals surface area (Å²) < 4.78 is 121. The maximum atomic E-state index is 15.2. The number of fused-ring (bicyclic) bond motifs is 6. The minimum absolute atomic E-state index is 0.220. The third-order valence-electron chi connectivity index (χ3n) is 8.54. The Morgan fingerprint density at radius 3 is 1.45 bits per heavy atom. The van der Waals surface area contributed by atoms with Crippen molar-refractivity contribution in [1.82, 2.24) is 9.13 Å². The fraction of sp³-hybridized carbons (Fsp3) is 0.0270. The molecular formula is C37H18F8N2. The highest BCUT2D eigenvalue weighted by atomic mass is 19.4. The minimum atomic E-state index is -5.07. The van der Waals surface area contributed by atoms with Crippen LogP contribution in [0.25, 0.3) is 66.1 Å². The van der Waals surface area contributed by atoms with E-state index >= 15 is 8.78 Å². The van der Waals surface area contributed by atoms with Gasteiger partial charge in [-0.05, 0) is 42.5 Å². The standard InChI is InChI=1S/C37H18F8N2/c38-31-30(32(39)34(41)35(42)33(31)40)23-11-7-12-25(37(43,44)45)36(23)47-28-15-6-3-10-22(28)24-18-19(16-17-29(24)47)46-26-13-4-1-8-20(26)21-9-2-5-14-27(21)46/h1-18H. The van der Waals surface area contributed by atoms with Gasteiger partial charge in [0.05, 0.1) is 38.9 Å². The zero-order valence-electron chi connectivity index (χ0n) is 23.8. The van der Waals surface area contributed by atoms with Gasteiger partial charge in [-0.1, -0.05) is 66.7 Å². The van der Waals surface area contributed by atoms with E-state index in [4.69, 9.17) is 0 Å². The van der Waals surface area contributed by atoms with Crippen LogP contribution in [0.4, 0.5) is 35.1 Å². The van der Waals surface area contributed by atoms with Gasteiger partial charge >= 0.3 is 6.18 Å². The second kappa shape index (κ2) is 10.2. The van der Waals surface area contributed by atoms with Crippen molar-refractivity contribution in [3.05, 3.63) is 144 Å². The zero-order valence-corrected chi connectivity index (χ0v) is 23.8. The van der Waals surface area contributed by atoms with E-state index in [1.807, 2.05) is 53.1 Å². The van der Waals surface area contributed by atoms with Crippen LogP contribution in [-0.2, 0) is 6.18 Å². The molecule has 0 unspecified atom stereocenters. The van der Waals surface area contributed by atoms with Crippen molar-refractivity contribution in [2.45, 2.75) is 6.18 Å². The lowest BCUT2D eigenvalue weighted by atomic mass is 9.97. The number of hydrogen-bond acceptors (Lipinski definition) is 0. The molecule has 0 N–H and O–H groups in total.